The molecule has 3 aliphatic heterocycles. The fraction of sp³-hybridized carbons (Fsp3) is 0.696. The number of carbonyl (C=O) groups is 6. The third kappa shape index (κ3) is 7.34. The van der Waals surface area contributed by atoms with Crippen molar-refractivity contribution < 1.29 is 33.9 Å². The first-order valence-electron chi connectivity index (χ1n) is 12.9. The van der Waals surface area contributed by atoms with Crippen LogP contribution < -0.4 is 38.1 Å². The maximum absolute atomic E-state index is 13.6. The van der Waals surface area contributed by atoms with Gasteiger partial charge in [-0.25, -0.2) is 0 Å². The Hall–Kier alpha value is -3.95. The van der Waals surface area contributed by atoms with Gasteiger partial charge in [-0.15, -0.1) is 0 Å². The fourth-order valence-corrected chi connectivity index (χ4v) is 5.28. The highest BCUT2D eigenvalue weighted by Crippen LogP contribution is 2.35. The van der Waals surface area contributed by atoms with E-state index >= 15 is 0 Å². The molecule has 3 saturated heterocycles. The van der Waals surface area contributed by atoms with E-state index in [0.29, 0.717) is 32.2 Å². The summed E-state index contributed by atoms with van der Waals surface area (Å²) in [6.07, 6.45) is 1.21. The van der Waals surface area contributed by atoms with Crippen molar-refractivity contribution in [1.82, 2.24) is 31.5 Å². The number of nitrogens with two attached hydrogens (primary N) is 2. The largest absolute Gasteiger partial charge is 0.481 e. The van der Waals surface area contributed by atoms with Crippen molar-refractivity contribution >= 4 is 41.5 Å². The summed E-state index contributed by atoms with van der Waals surface area (Å²) in [6.45, 7) is -0.116. The lowest BCUT2D eigenvalue weighted by molar-refractivity contribution is -0.149. The minimum absolute atomic E-state index is 0.0790. The molecule has 0 aromatic carbocycles. The number of rotatable bonds is 7. The highest BCUT2D eigenvalue weighted by atomic mass is 16.4. The molecular formula is C23H37N9O7. The first-order chi connectivity index (χ1) is 18.5. The van der Waals surface area contributed by atoms with Crippen LogP contribution >= 0.6 is 0 Å². The molecule has 10 N–H and O–H groups in total. The Kier molecular flexibility index (Phi) is 10.0. The van der Waals surface area contributed by atoms with Gasteiger partial charge in [0, 0.05) is 25.6 Å². The second-order valence-corrected chi connectivity index (χ2v) is 9.89. The van der Waals surface area contributed by atoms with Crippen molar-refractivity contribution in [2.24, 2.45) is 22.4 Å². The Morgan fingerprint density at radius 3 is 2.49 bits per heavy atom. The van der Waals surface area contributed by atoms with Crippen LogP contribution in [0.1, 0.15) is 38.5 Å². The number of aliphatic imine (C=N–C) groups is 1. The lowest BCUT2D eigenvalue weighted by Crippen LogP contribution is -2.64. The molecule has 3 fully saturated rings. The van der Waals surface area contributed by atoms with Crippen molar-refractivity contribution in [2.75, 3.05) is 26.7 Å². The number of fused-ring (bicyclic) bond motifs is 1. The van der Waals surface area contributed by atoms with E-state index in [-0.39, 0.29) is 25.0 Å². The molecule has 0 aromatic heterocycles. The minimum atomic E-state index is -1.50. The SMILES string of the molecule is CN=C(N)NCCC[C@@H]1NC(=O)[C@@H]2CC[C@H]3C[C@@H](CN)[C@@H](NC(=O)[C@H](CC(=O)O)NC(=O)CNC1=O)C(=O)N32. The molecular weight excluding hydrogens is 514 g/mol. The summed E-state index contributed by atoms with van der Waals surface area (Å²) >= 11 is 0. The summed E-state index contributed by atoms with van der Waals surface area (Å²) in [5, 5.41) is 22.1. The van der Waals surface area contributed by atoms with E-state index in [1.165, 1.54) is 11.9 Å². The monoisotopic (exact) mass is 551 g/mol. The summed E-state index contributed by atoms with van der Waals surface area (Å²) in [4.78, 5) is 82.1. The van der Waals surface area contributed by atoms with Gasteiger partial charge < -0.3 is 48.1 Å². The van der Waals surface area contributed by atoms with Crippen LogP contribution in [0.4, 0.5) is 0 Å². The summed E-state index contributed by atoms with van der Waals surface area (Å²) in [6, 6.07) is -4.76. The number of hydrogen-bond acceptors (Lipinski definition) is 8. The maximum Gasteiger partial charge on any atom is 0.305 e. The minimum Gasteiger partial charge on any atom is -0.481 e. The smallest absolute Gasteiger partial charge is 0.305 e. The topological polar surface area (TPSA) is 250 Å². The molecule has 16 heteroatoms. The summed E-state index contributed by atoms with van der Waals surface area (Å²) < 4.78 is 0. The molecule has 5 amide bonds. The van der Waals surface area contributed by atoms with E-state index in [0.717, 1.165) is 0 Å². The van der Waals surface area contributed by atoms with Crippen molar-refractivity contribution in [3.8, 4) is 0 Å². The molecule has 3 aliphatic rings. The molecule has 0 aromatic rings. The lowest BCUT2D eigenvalue weighted by Gasteiger charge is -2.42. The van der Waals surface area contributed by atoms with Crippen LogP contribution in [-0.2, 0) is 28.8 Å². The predicted molar refractivity (Wildman–Crippen MR) is 137 cm³/mol. The van der Waals surface area contributed by atoms with Crippen LogP contribution in [0.15, 0.2) is 4.99 Å². The van der Waals surface area contributed by atoms with E-state index < -0.39 is 78.6 Å². The van der Waals surface area contributed by atoms with Crippen LogP contribution in [-0.4, -0.2) is 108 Å². The van der Waals surface area contributed by atoms with Gasteiger partial charge in [0.2, 0.25) is 29.5 Å². The molecule has 0 spiro atoms. The number of carbonyl (C=O) groups excluding carboxylic acids is 5. The number of carboxylic acid groups (broad SMARTS) is 1. The number of nitrogens with one attached hydrogen (secondary N) is 5. The molecule has 3 rings (SSSR count). The molecule has 39 heavy (non-hydrogen) atoms. The molecule has 0 aliphatic carbocycles. The Morgan fingerprint density at radius 2 is 1.82 bits per heavy atom. The zero-order valence-electron chi connectivity index (χ0n) is 21.8. The quantitative estimate of drug-likeness (QED) is 0.0858. The zero-order valence-corrected chi connectivity index (χ0v) is 21.8. The number of piperidine rings is 1. The zero-order chi connectivity index (χ0) is 28.7. The van der Waals surface area contributed by atoms with Gasteiger partial charge in [0.25, 0.3) is 0 Å². The number of guanidine groups is 1. The Labute approximate surface area is 225 Å². The Balaban J connectivity index is 1.88. The van der Waals surface area contributed by atoms with Gasteiger partial charge in [0.05, 0.1) is 13.0 Å². The standard InChI is InChI=1S/C23H37N9O7/c1-26-23(25)27-6-2-3-13-19(36)28-10-16(33)29-14(8-17(34)35)20(37)31-18-11(9-24)7-12-4-5-15(21(38)30-13)32(12)22(18)39/h11-15,18H,2-10,24H2,1H3,(H,28,36)(H,29,33)(H,30,38)(H,31,37)(H,34,35)(H3,25,26,27)/t11-,12-,13-,14-,15-,18+/m0/s1. The number of hydrogen-bond donors (Lipinski definition) is 8. The van der Waals surface area contributed by atoms with Gasteiger partial charge in [-0.05, 0) is 38.6 Å². The van der Waals surface area contributed by atoms with Gasteiger partial charge in [-0.3, -0.25) is 33.8 Å². The van der Waals surface area contributed by atoms with E-state index in [2.05, 4.69) is 31.6 Å². The summed E-state index contributed by atoms with van der Waals surface area (Å²) in [5.74, 6) is -4.94. The van der Waals surface area contributed by atoms with E-state index in [1.807, 2.05) is 0 Å². The van der Waals surface area contributed by atoms with Crippen molar-refractivity contribution in [3.05, 3.63) is 0 Å². The molecule has 2 bridgehead atoms. The molecule has 3 heterocycles. The first-order valence-corrected chi connectivity index (χ1v) is 12.9. The Bertz CT molecular complexity index is 1020. The average Bonchev–Trinajstić information content (AvgIpc) is 3.33. The average molecular weight is 552 g/mol. The number of carboxylic acids is 1. The van der Waals surface area contributed by atoms with E-state index in [4.69, 9.17) is 11.5 Å². The lowest BCUT2D eigenvalue weighted by atomic mass is 9.86. The number of amides is 5. The van der Waals surface area contributed by atoms with Crippen molar-refractivity contribution in [3.63, 3.8) is 0 Å². The molecule has 6 atom stereocenters. The molecule has 0 unspecified atom stereocenters. The molecule has 16 nitrogen and oxygen atoms in total. The molecule has 216 valence electrons. The van der Waals surface area contributed by atoms with Crippen LogP contribution in [0, 0.1) is 5.92 Å². The van der Waals surface area contributed by atoms with E-state index in [1.54, 1.807) is 0 Å². The van der Waals surface area contributed by atoms with Gasteiger partial charge in [-0.2, -0.15) is 0 Å². The highest BCUT2D eigenvalue weighted by Gasteiger charge is 2.50. The maximum atomic E-state index is 13.6. The van der Waals surface area contributed by atoms with Gasteiger partial charge >= 0.3 is 5.97 Å². The highest BCUT2D eigenvalue weighted by molar-refractivity contribution is 5.98. The third-order valence-corrected chi connectivity index (χ3v) is 7.28. The van der Waals surface area contributed by atoms with Crippen molar-refractivity contribution in [2.45, 2.75) is 68.7 Å². The van der Waals surface area contributed by atoms with Crippen molar-refractivity contribution in [1.29, 1.82) is 0 Å². The van der Waals surface area contributed by atoms with Gasteiger partial charge in [-0.1, -0.05) is 0 Å². The van der Waals surface area contributed by atoms with Gasteiger partial charge in [0.1, 0.15) is 24.2 Å². The van der Waals surface area contributed by atoms with Gasteiger partial charge in [0.15, 0.2) is 5.96 Å². The number of aliphatic carboxylic acids is 1. The normalized spacial score (nSPS) is 30.4. The molecule has 0 saturated carbocycles. The first kappa shape index (κ1) is 29.6. The third-order valence-electron chi connectivity index (χ3n) is 7.28. The van der Waals surface area contributed by atoms with Crippen LogP contribution in [0.3, 0.4) is 0 Å². The van der Waals surface area contributed by atoms with Crippen LogP contribution in [0.5, 0.6) is 0 Å². The fourth-order valence-electron chi connectivity index (χ4n) is 5.28. The van der Waals surface area contributed by atoms with Crippen LogP contribution in [0.2, 0.25) is 0 Å². The molecule has 0 radical (unpaired) electrons. The second kappa shape index (κ2) is 13.2. The van der Waals surface area contributed by atoms with E-state index in [9.17, 15) is 33.9 Å². The van der Waals surface area contributed by atoms with Crippen LogP contribution in [0.25, 0.3) is 0 Å². The number of nitrogens with zero attached hydrogens (tertiary/aromatic N) is 2. The Morgan fingerprint density at radius 1 is 1.08 bits per heavy atom. The summed E-state index contributed by atoms with van der Waals surface area (Å²) in [7, 11) is 1.52. The predicted octanol–water partition coefficient (Wildman–Crippen LogP) is -4.30. The second-order valence-electron chi connectivity index (χ2n) is 9.89. The summed E-state index contributed by atoms with van der Waals surface area (Å²) in [5.41, 5.74) is 11.5.